The molecule has 12 heteroatoms. The van der Waals surface area contributed by atoms with Crippen molar-refractivity contribution in [3.8, 4) is 0 Å². The molecule has 254 valence electrons. The molecule has 0 amide bonds. The normalized spacial score (nSPS) is 20.1. The van der Waals surface area contributed by atoms with E-state index >= 15 is 4.39 Å². The molecule has 3 aromatic rings. The number of hydrogen-bond acceptors (Lipinski definition) is 5. The average Bonchev–Trinajstić information content (AvgIpc) is 3.48. The molecule has 0 aliphatic carbocycles. The second-order valence-electron chi connectivity index (χ2n) is 13.0. The molecule has 0 bridgehead atoms. The monoisotopic (exact) mass is 674 g/mol. The molecule has 47 heavy (non-hydrogen) atoms. The predicted molar refractivity (Wildman–Crippen MR) is 172 cm³/mol. The van der Waals surface area contributed by atoms with E-state index in [1.165, 1.54) is 30.5 Å². The van der Waals surface area contributed by atoms with E-state index in [0.717, 1.165) is 43.7 Å². The van der Waals surface area contributed by atoms with Gasteiger partial charge >= 0.3 is 0 Å². The summed E-state index contributed by atoms with van der Waals surface area (Å²) < 4.78 is 88.3. The molecule has 2 saturated heterocycles. The van der Waals surface area contributed by atoms with Crippen LogP contribution in [-0.4, -0.2) is 66.1 Å². The predicted octanol–water partition coefficient (Wildman–Crippen LogP) is 5.93. The average molecular weight is 675 g/mol. The van der Waals surface area contributed by atoms with Gasteiger partial charge in [0, 0.05) is 69.3 Å². The van der Waals surface area contributed by atoms with Crippen molar-refractivity contribution in [3.05, 3.63) is 100 Å². The first-order valence-electron chi connectivity index (χ1n) is 16.3. The molecule has 7 nitrogen and oxygen atoms in total. The molecule has 1 unspecified atom stereocenters. The van der Waals surface area contributed by atoms with E-state index in [0.29, 0.717) is 49.6 Å². The van der Waals surface area contributed by atoms with E-state index in [2.05, 4.69) is 24.1 Å². The van der Waals surface area contributed by atoms with E-state index in [4.69, 9.17) is 0 Å². The van der Waals surface area contributed by atoms with E-state index < -0.39 is 45.4 Å². The lowest BCUT2D eigenvalue weighted by Gasteiger charge is -2.39. The number of aromatic nitrogens is 1. The van der Waals surface area contributed by atoms with Crippen LogP contribution in [0.2, 0.25) is 0 Å². The molecule has 2 aromatic carbocycles. The van der Waals surface area contributed by atoms with E-state index in [9.17, 15) is 26.4 Å². The number of rotatable bonds is 13. The van der Waals surface area contributed by atoms with Gasteiger partial charge in [-0.25, -0.2) is 17.6 Å². The van der Waals surface area contributed by atoms with Crippen LogP contribution < -0.4 is 5.32 Å². The number of piperazine rings is 1. The zero-order valence-electron chi connectivity index (χ0n) is 26.8. The van der Waals surface area contributed by atoms with E-state index in [1.807, 2.05) is 0 Å². The Morgan fingerprint density at radius 3 is 2.34 bits per heavy atom. The Balaban J connectivity index is 1.33. The van der Waals surface area contributed by atoms with Gasteiger partial charge in [-0.1, -0.05) is 26.0 Å². The fraction of sp³-hybridized carbons (Fsp3) is 0.486. The van der Waals surface area contributed by atoms with Gasteiger partial charge in [0.25, 0.3) is 10.2 Å². The third-order valence-electron chi connectivity index (χ3n) is 9.16. The van der Waals surface area contributed by atoms with Crippen molar-refractivity contribution < 1.29 is 30.8 Å². The van der Waals surface area contributed by atoms with Crippen molar-refractivity contribution in [2.45, 2.75) is 76.8 Å². The highest BCUT2D eigenvalue weighted by Crippen LogP contribution is 2.32. The summed E-state index contributed by atoms with van der Waals surface area (Å²) >= 11 is 0. The summed E-state index contributed by atoms with van der Waals surface area (Å²) in [5.74, 6) is -3.41. The van der Waals surface area contributed by atoms with Crippen LogP contribution in [0.25, 0.3) is 0 Å². The minimum atomic E-state index is -3.73. The topological polar surface area (TPSA) is 82.6 Å². The molecule has 3 heterocycles. The van der Waals surface area contributed by atoms with Crippen molar-refractivity contribution in [1.82, 2.24) is 18.9 Å². The Labute approximate surface area is 274 Å². The summed E-state index contributed by atoms with van der Waals surface area (Å²) in [6.07, 6.45) is 5.12. The van der Waals surface area contributed by atoms with E-state index in [-0.39, 0.29) is 42.2 Å². The third-order valence-corrected chi connectivity index (χ3v) is 11.3. The number of halogens is 4. The van der Waals surface area contributed by atoms with Gasteiger partial charge in [-0.2, -0.15) is 17.0 Å². The molecule has 0 spiro atoms. The molecule has 2 aliphatic heterocycles. The molecule has 1 N–H and O–H groups in total. The molecule has 0 saturated carbocycles. The van der Waals surface area contributed by atoms with Gasteiger partial charge in [0.05, 0.1) is 6.20 Å². The first kappa shape index (κ1) is 35.1. The number of ketones is 1. The fourth-order valence-corrected chi connectivity index (χ4v) is 9.05. The highest BCUT2D eigenvalue weighted by atomic mass is 32.2. The standard InChI is InChI=1S/C35H42F4N4O3S/c1-23(2)14-30-4-3-12-42(30)47(45,46)43-13-11-40-21-31(43)9-10-33-26(20-41-22-35(33)39)17-32(44)19-34(24-5-7-27(36)8-6-24)25-15-28(37)18-29(38)16-25/h5-8,15-16,18,20,22-23,30-31,34,40H,3-4,9-14,17,19,21H2,1-2H3/t30?,31-,34-/m0/s1. The molecular weight excluding hydrogens is 632 g/mol. The molecule has 1 aromatic heterocycles. The van der Waals surface area contributed by atoms with Crippen molar-refractivity contribution in [2.75, 3.05) is 26.2 Å². The number of Topliss-reactive ketones (excluding diaryl/α,β-unsaturated/α-hetero) is 1. The summed E-state index contributed by atoms with van der Waals surface area (Å²) in [6.45, 7) is 5.92. The van der Waals surface area contributed by atoms with Crippen LogP contribution >= 0.6 is 0 Å². The number of benzene rings is 2. The maximum Gasteiger partial charge on any atom is 0.282 e. The van der Waals surface area contributed by atoms with Gasteiger partial charge in [0.2, 0.25) is 0 Å². The maximum absolute atomic E-state index is 15.3. The number of pyridine rings is 1. The number of nitrogens with zero attached hydrogens (tertiary/aromatic N) is 3. The van der Waals surface area contributed by atoms with Crippen molar-refractivity contribution in [3.63, 3.8) is 0 Å². The summed E-state index contributed by atoms with van der Waals surface area (Å²) in [7, 11) is -3.73. The summed E-state index contributed by atoms with van der Waals surface area (Å²) in [4.78, 5) is 17.5. The smallest absolute Gasteiger partial charge is 0.282 e. The summed E-state index contributed by atoms with van der Waals surface area (Å²) in [5.41, 5.74) is 1.38. The molecule has 2 aliphatic rings. The Hall–Kier alpha value is -3.19. The third kappa shape index (κ3) is 8.65. The van der Waals surface area contributed by atoms with Gasteiger partial charge in [-0.05, 0) is 84.5 Å². The maximum atomic E-state index is 15.3. The lowest BCUT2D eigenvalue weighted by molar-refractivity contribution is -0.118. The van der Waals surface area contributed by atoms with Gasteiger partial charge in [-0.3, -0.25) is 9.78 Å². The zero-order valence-corrected chi connectivity index (χ0v) is 27.6. The van der Waals surface area contributed by atoms with Crippen LogP contribution in [-0.2, 0) is 27.8 Å². The quantitative estimate of drug-likeness (QED) is 0.227. The van der Waals surface area contributed by atoms with Crippen LogP contribution in [0.3, 0.4) is 0 Å². The Kier molecular flexibility index (Phi) is 11.5. The highest BCUT2D eigenvalue weighted by molar-refractivity contribution is 7.86. The zero-order chi connectivity index (χ0) is 33.7. The lowest BCUT2D eigenvalue weighted by Crippen LogP contribution is -2.58. The first-order valence-corrected chi connectivity index (χ1v) is 17.7. The largest absolute Gasteiger partial charge is 0.314 e. The van der Waals surface area contributed by atoms with Crippen molar-refractivity contribution >= 4 is 16.0 Å². The summed E-state index contributed by atoms with van der Waals surface area (Å²) in [6, 6.07) is 7.96. The van der Waals surface area contributed by atoms with Crippen LogP contribution in [0.5, 0.6) is 0 Å². The minimum Gasteiger partial charge on any atom is -0.314 e. The van der Waals surface area contributed by atoms with Crippen LogP contribution in [0.4, 0.5) is 17.6 Å². The van der Waals surface area contributed by atoms with Gasteiger partial charge in [-0.15, -0.1) is 0 Å². The molecule has 3 atom stereocenters. The van der Waals surface area contributed by atoms with Crippen LogP contribution in [0, 0.1) is 29.2 Å². The fourth-order valence-electron chi connectivity index (χ4n) is 6.98. The first-order chi connectivity index (χ1) is 22.4. The SMILES string of the molecule is CC(C)CC1CCCN1S(=O)(=O)N1CCNC[C@@H]1CCc1c(F)cncc1CC(=O)C[C@@H](c1ccc(F)cc1)c1cc(F)cc(F)c1. The lowest BCUT2D eigenvalue weighted by atomic mass is 9.85. The minimum absolute atomic E-state index is 0.0339. The second-order valence-corrected chi connectivity index (χ2v) is 14.9. The van der Waals surface area contributed by atoms with Crippen molar-refractivity contribution in [1.29, 1.82) is 0 Å². The van der Waals surface area contributed by atoms with Gasteiger partial charge < -0.3 is 5.32 Å². The Morgan fingerprint density at radius 2 is 1.64 bits per heavy atom. The van der Waals surface area contributed by atoms with Gasteiger partial charge in [0.1, 0.15) is 29.1 Å². The van der Waals surface area contributed by atoms with Crippen LogP contribution in [0.15, 0.2) is 54.9 Å². The van der Waals surface area contributed by atoms with Gasteiger partial charge in [0.15, 0.2) is 0 Å². The molecular formula is C35H42F4N4O3S. The van der Waals surface area contributed by atoms with Crippen molar-refractivity contribution in [2.24, 2.45) is 5.92 Å². The Bertz CT molecular complexity index is 1630. The summed E-state index contributed by atoms with van der Waals surface area (Å²) in [5, 5.41) is 3.27. The molecule has 2 fully saturated rings. The molecule has 5 rings (SSSR count). The second kappa shape index (κ2) is 15.4. The number of hydrogen-bond donors (Lipinski definition) is 1. The van der Waals surface area contributed by atoms with Crippen LogP contribution in [0.1, 0.15) is 74.1 Å². The van der Waals surface area contributed by atoms with E-state index in [1.54, 1.807) is 8.61 Å². The highest BCUT2D eigenvalue weighted by Gasteiger charge is 2.41. The molecule has 0 radical (unpaired) electrons. The number of carbonyl (C=O) groups excluding carboxylic acids is 1. The Morgan fingerprint density at radius 1 is 0.936 bits per heavy atom. The number of nitrogens with one attached hydrogen (secondary N) is 1. The number of carbonyl (C=O) groups is 1.